The van der Waals surface area contributed by atoms with Gasteiger partial charge in [-0.15, -0.1) is 0 Å². The molecule has 0 N–H and O–H groups in total. The molecule has 0 aliphatic carbocycles. The van der Waals surface area contributed by atoms with E-state index in [0.717, 1.165) is 52.6 Å². The fraction of sp³-hybridized carbons (Fsp3) is 0.350. The van der Waals surface area contributed by atoms with E-state index in [9.17, 15) is 0 Å². The molecule has 0 unspecified atom stereocenters. The number of hydrogen-bond donors (Lipinski definition) is 0. The van der Waals surface area contributed by atoms with Crippen molar-refractivity contribution in [3.8, 4) is 11.5 Å². The highest BCUT2D eigenvalue weighted by Gasteiger charge is 2.39. The summed E-state index contributed by atoms with van der Waals surface area (Å²) in [5.41, 5.74) is 3.26. The lowest BCUT2D eigenvalue weighted by Gasteiger charge is -2.38. The summed E-state index contributed by atoms with van der Waals surface area (Å²) in [6.07, 6.45) is 2.78. The first kappa shape index (κ1) is 16.3. The Kier molecular flexibility index (Phi) is 4.30. The maximum Gasteiger partial charge on any atom is 0.187 e. The van der Waals surface area contributed by atoms with Gasteiger partial charge in [0.05, 0.1) is 18.9 Å². The Morgan fingerprint density at radius 1 is 1.28 bits per heavy atom. The third kappa shape index (κ3) is 2.95. The van der Waals surface area contributed by atoms with Gasteiger partial charge in [0, 0.05) is 29.0 Å². The Hall–Kier alpha value is -2.20. The van der Waals surface area contributed by atoms with Gasteiger partial charge in [0.15, 0.2) is 6.23 Å². The van der Waals surface area contributed by atoms with Crippen LogP contribution in [-0.2, 0) is 0 Å². The van der Waals surface area contributed by atoms with Crippen LogP contribution in [0.2, 0.25) is 5.02 Å². The van der Waals surface area contributed by atoms with Gasteiger partial charge in [-0.1, -0.05) is 37.1 Å². The van der Waals surface area contributed by atoms with E-state index in [0.29, 0.717) is 0 Å². The molecule has 0 saturated carbocycles. The van der Waals surface area contributed by atoms with Crippen LogP contribution in [0.1, 0.15) is 43.4 Å². The van der Waals surface area contributed by atoms with E-state index in [-0.39, 0.29) is 12.3 Å². The molecule has 2 aromatic carbocycles. The quantitative estimate of drug-likeness (QED) is 0.771. The van der Waals surface area contributed by atoms with Crippen LogP contribution in [0.25, 0.3) is 0 Å². The van der Waals surface area contributed by atoms with E-state index in [1.54, 1.807) is 7.11 Å². The number of nitrogens with zero attached hydrogens (tertiary/aromatic N) is 2. The second-order valence-corrected chi connectivity index (χ2v) is 6.86. The van der Waals surface area contributed by atoms with Crippen molar-refractivity contribution in [3.05, 3.63) is 58.6 Å². The Balaban J connectivity index is 1.72. The zero-order chi connectivity index (χ0) is 17.4. The minimum absolute atomic E-state index is 0.0354. The van der Waals surface area contributed by atoms with Crippen LogP contribution in [0.15, 0.2) is 47.6 Å². The van der Waals surface area contributed by atoms with Crippen molar-refractivity contribution in [2.24, 2.45) is 5.10 Å². The van der Waals surface area contributed by atoms with Crippen molar-refractivity contribution in [1.29, 1.82) is 0 Å². The van der Waals surface area contributed by atoms with Crippen molar-refractivity contribution in [3.63, 3.8) is 0 Å². The molecule has 2 aliphatic rings. The van der Waals surface area contributed by atoms with Gasteiger partial charge in [-0.05, 0) is 30.3 Å². The molecular weight excluding hydrogens is 336 g/mol. The summed E-state index contributed by atoms with van der Waals surface area (Å²) in [5.74, 6) is 1.76. The maximum atomic E-state index is 6.23. The molecule has 0 fully saturated rings. The summed E-state index contributed by atoms with van der Waals surface area (Å²) in [7, 11) is 1.68. The molecule has 0 aromatic heterocycles. The third-order valence-electron chi connectivity index (χ3n) is 4.77. The summed E-state index contributed by atoms with van der Waals surface area (Å²) >= 11 is 6.23. The monoisotopic (exact) mass is 356 g/mol. The number of rotatable bonds is 4. The third-order valence-corrected chi connectivity index (χ3v) is 5.00. The molecule has 2 atom stereocenters. The van der Waals surface area contributed by atoms with Gasteiger partial charge in [0.25, 0.3) is 0 Å². The highest BCUT2D eigenvalue weighted by molar-refractivity contribution is 6.30. The lowest BCUT2D eigenvalue weighted by molar-refractivity contribution is -0.0223. The first-order valence-corrected chi connectivity index (χ1v) is 9.03. The van der Waals surface area contributed by atoms with Crippen LogP contribution in [0.3, 0.4) is 0 Å². The number of fused-ring (bicyclic) bond motifs is 3. The molecule has 5 heteroatoms. The predicted molar refractivity (Wildman–Crippen MR) is 99.5 cm³/mol. The van der Waals surface area contributed by atoms with Gasteiger partial charge in [-0.3, -0.25) is 5.01 Å². The van der Waals surface area contributed by atoms with E-state index in [1.165, 1.54) is 0 Å². The summed E-state index contributed by atoms with van der Waals surface area (Å²) in [4.78, 5) is 0. The van der Waals surface area contributed by atoms with E-state index < -0.39 is 0 Å². The van der Waals surface area contributed by atoms with Crippen molar-refractivity contribution in [2.75, 3.05) is 7.11 Å². The van der Waals surface area contributed by atoms with Crippen molar-refractivity contribution >= 4 is 17.3 Å². The lowest BCUT2D eigenvalue weighted by atomic mass is 9.96. The van der Waals surface area contributed by atoms with Gasteiger partial charge in [-0.2, -0.15) is 5.10 Å². The smallest absolute Gasteiger partial charge is 0.187 e. The molecular formula is C20H21ClN2O2. The molecule has 4 nitrogen and oxygen atoms in total. The van der Waals surface area contributed by atoms with E-state index in [4.69, 9.17) is 26.2 Å². The molecule has 4 rings (SSSR count). The van der Waals surface area contributed by atoms with Crippen LogP contribution in [0.4, 0.5) is 0 Å². The Morgan fingerprint density at radius 2 is 2.16 bits per heavy atom. The molecule has 0 saturated heterocycles. The summed E-state index contributed by atoms with van der Waals surface area (Å²) in [6, 6.07) is 14.1. The van der Waals surface area contributed by atoms with Gasteiger partial charge in [-0.25, -0.2) is 0 Å². The predicted octanol–water partition coefficient (Wildman–Crippen LogP) is 5.02. The number of halogens is 1. The minimum atomic E-state index is -0.0354. The van der Waals surface area contributed by atoms with Gasteiger partial charge < -0.3 is 9.47 Å². The summed E-state index contributed by atoms with van der Waals surface area (Å²) < 4.78 is 11.6. The van der Waals surface area contributed by atoms with Crippen LogP contribution in [0, 0.1) is 0 Å². The molecule has 0 amide bonds. The fourth-order valence-corrected chi connectivity index (χ4v) is 3.73. The van der Waals surface area contributed by atoms with E-state index in [1.807, 2.05) is 36.4 Å². The minimum Gasteiger partial charge on any atom is -0.497 e. The largest absolute Gasteiger partial charge is 0.497 e. The topological polar surface area (TPSA) is 34.1 Å². The highest BCUT2D eigenvalue weighted by atomic mass is 35.5. The first-order chi connectivity index (χ1) is 12.2. The Labute approximate surface area is 153 Å². The van der Waals surface area contributed by atoms with E-state index in [2.05, 4.69) is 18.0 Å². The van der Waals surface area contributed by atoms with Crippen LogP contribution >= 0.6 is 11.6 Å². The Morgan fingerprint density at radius 3 is 2.96 bits per heavy atom. The summed E-state index contributed by atoms with van der Waals surface area (Å²) in [5, 5.41) is 7.75. The van der Waals surface area contributed by atoms with Crippen LogP contribution in [0.5, 0.6) is 11.5 Å². The second kappa shape index (κ2) is 6.60. The molecule has 2 heterocycles. The molecule has 0 radical (unpaired) electrons. The number of benzene rings is 2. The van der Waals surface area contributed by atoms with Crippen molar-refractivity contribution in [2.45, 2.75) is 38.5 Å². The van der Waals surface area contributed by atoms with E-state index >= 15 is 0 Å². The van der Waals surface area contributed by atoms with Crippen molar-refractivity contribution < 1.29 is 9.47 Å². The zero-order valence-electron chi connectivity index (χ0n) is 14.4. The van der Waals surface area contributed by atoms with Crippen molar-refractivity contribution in [1.82, 2.24) is 5.01 Å². The average molecular weight is 357 g/mol. The highest BCUT2D eigenvalue weighted by Crippen LogP contribution is 2.44. The second-order valence-electron chi connectivity index (χ2n) is 6.42. The number of ether oxygens (including phenoxy) is 2. The zero-order valence-corrected chi connectivity index (χ0v) is 15.2. The van der Waals surface area contributed by atoms with Gasteiger partial charge in [0.2, 0.25) is 0 Å². The number of hydrazone groups is 1. The standard InChI is InChI=1S/C20H21ClN2O2/c1-3-5-20-23-18(16-11-14(21)8-9-19(16)25-20)12-17(22-23)13-6-4-7-15(10-13)24-2/h4,6-11,18,20H,3,5,12H2,1-2H3/t18-,20-/m0/s1. The van der Waals surface area contributed by atoms with Gasteiger partial charge >= 0.3 is 0 Å². The SMILES string of the molecule is CCC[C@@H]1Oc2ccc(Cl)cc2[C@@H]2CC(c3cccc(OC)c3)=NN12. The molecule has 2 aliphatic heterocycles. The molecule has 25 heavy (non-hydrogen) atoms. The number of hydrogen-bond acceptors (Lipinski definition) is 4. The van der Waals surface area contributed by atoms with Gasteiger partial charge in [0.1, 0.15) is 11.5 Å². The average Bonchev–Trinajstić information content (AvgIpc) is 3.08. The molecule has 2 aromatic rings. The Bertz CT molecular complexity index is 821. The molecule has 130 valence electrons. The first-order valence-electron chi connectivity index (χ1n) is 8.66. The summed E-state index contributed by atoms with van der Waals surface area (Å²) in [6.45, 7) is 2.17. The lowest BCUT2D eigenvalue weighted by Crippen LogP contribution is -2.40. The van der Waals surface area contributed by atoms with Crippen LogP contribution in [-0.4, -0.2) is 24.1 Å². The van der Waals surface area contributed by atoms with Crippen LogP contribution < -0.4 is 9.47 Å². The fourth-order valence-electron chi connectivity index (χ4n) is 3.55. The molecule has 0 spiro atoms. The molecule has 0 bridgehead atoms. The normalized spacial score (nSPS) is 21.2. The maximum absolute atomic E-state index is 6.23. The number of methoxy groups -OCH3 is 1.